The summed E-state index contributed by atoms with van der Waals surface area (Å²) in [5.41, 5.74) is 2.75. The van der Waals surface area contributed by atoms with E-state index in [0.29, 0.717) is 12.5 Å². The smallest absolute Gasteiger partial charge is 0.242 e. The van der Waals surface area contributed by atoms with E-state index in [9.17, 15) is 9.59 Å². The molecule has 1 N–H and O–H groups in total. The number of rotatable bonds is 2. The van der Waals surface area contributed by atoms with Crippen molar-refractivity contribution >= 4 is 11.8 Å². The molecule has 0 bridgehead atoms. The summed E-state index contributed by atoms with van der Waals surface area (Å²) in [5, 5.41) is 2.59. The van der Waals surface area contributed by atoms with Gasteiger partial charge in [-0.3, -0.25) is 9.59 Å². The zero-order valence-corrected chi connectivity index (χ0v) is 10.9. The predicted molar refractivity (Wildman–Crippen MR) is 71.7 cm³/mol. The minimum Gasteiger partial charge on any atom is -0.345 e. The second-order valence-electron chi connectivity index (χ2n) is 5.34. The Balaban J connectivity index is 1.77. The lowest BCUT2D eigenvalue weighted by Crippen LogP contribution is -2.52. The Hall–Kier alpha value is -1.84. The average molecular weight is 258 g/mol. The molecule has 1 heterocycles. The minimum absolute atomic E-state index is 0.0302. The molecule has 2 amide bonds. The molecule has 3 rings (SSSR count). The summed E-state index contributed by atoms with van der Waals surface area (Å²) in [6, 6.07) is 8.46. The van der Waals surface area contributed by atoms with E-state index in [1.54, 1.807) is 4.90 Å². The van der Waals surface area contributed by atoms with Crippen molar-refractivity contribution in [3.63, 3.8) is 0 Å². The monoisotopic (exact) mass is 258 g/mol. The highest BCUT2D eigenvalue weighted by atomic mass is 16.2. The fraction of sp³-hybridized carbons (Fsp3) is 0.467. The van der Waals surface area contributed by atoms with Gasteiger partial charge in [0.05, 0.1) is 13.1 Å². The Morgan fingerprint density at radius 2 is 2.11 bits per heavy atom. The zero-order valence-electron chi connectivity index (χ0n) is 10.9. The molecule has 0 saturated carbocycles. The maximum Gasteiger partial charge on any atom is 0.242 e. The lowest BCUT2D eigenvalue weighted by molar-refractivity contribution is -0.140. The van der Waals surface area contributed by atoms with Gasteiger partial charge in [-0.1, -0.05) is 24.3 Å². The number of nitrogens with one attached hydrogen (secondary N) is 1. The van der Waals surface area contributed by atoms with Crippen LogP contribution in [0.3, 0.4) is 0 Å². The van der Waals surface area contributed by atoms with Crippen molar-refractivity contribution in [1.82, 2.24) is 10.2 Å². The van der Waals surface area contributed by atoms with E-state index in [1.165, 1.54) is 11.1 Å². The molecule has 0 radical (unpaired) electrons. The van der Waals surface area contributed by atoms with Gasteiger partial charge >= 0.3 is 0 Å². The number of hydrogen-bond acceptors (Lipinski definition) is 2. The van der Waals surface area contributed by atoms with Crippen molar-refractivity contribution in [2.75, 3.05) is 19.6 Å². The maximum absolute atomic E-state index is 11.8. The van der Waals surface area contributed by atoms with Crippen LogP contribution >= 0.6 is 0 Å². The van der Waals surface area contributed by atoms with E-state index < -0.39 is 0 Å². The lowest BCUT2D eigenvalue weighted by atomic mass is 9.82. The van der Waals surface area contributed by atoms with Crippen LogP contribution in [0.1, 0.15) is 29.9 Å². The third kappa shape index (κ3) is 2.48. The first-order valence-corrected chi connectivity index (χ1v) is 6.86. The van der Waals surface area contributed by atoms with Crippen LogP contribution in [0, 0.1) is 0 Å². The number of carbonyl (C=O) groups is 2. The number of aryl methyl sites for hydroxylation is 1. The molecule has 4 heteroatoms. The van der Waals surface area contributed by atoms with Gasteiger partial charge in [-0.05, 0) is 30.4 Å². The molecule has 1 aliphatic heterocycles. The second kappa shape index (κ2) is 5.03. The van der Waals surface area contributed by atoms with Crippen molar-refractivity contribution in [3.05, 3.63) is 35.4 Å². The van der Waals surface area contributed by atoms with Crippen molar-refractivity contribution in [1.29, 1.82) is 0 Å². The number of fused-ring (bicyclic) bond motifs is 1. The summed E-state index contributed by atoms with van der Waals surface area (Å²) in [6.45, 7) is 1.02. The molecule has 4 nitrogen and oxygen atoms in total. The molecule has 1 aromatic carbocycles. The summed E-state index contributed by atoms with van der Waals surface area (Å²) in [6.07, 6.45) is 3.39. The Kier molecular flexibility index (Phi) is 3.23. The molecule has 1 fully saturated rings. The third-order valence-electron chi connectivity index (χ3n) is 4.06. The van der Waals surface area contributed by atoms with Crippen LogP contribution in [-0.4, -0.2) is 36.3 Å². The Bertz CT molecular complexity index is 513. The van der Waals surface area contributed by atoms with Crippen LogP contribution in [0.4, 0.5) is 0 Å². The molecule has 1 atom stereocenters. The fourth-order valence-electron chi connectivity index (χ4n) is 3.08. The highest BCUT2D eigenvalue weighted by Gasteiger charge is 2.28. The van der Waals surface area contributed by atoms with Gasteiger partial charge in [-0.15, -0.1) is 0 Å². The van der Waals surface area contributed by atoms with Gasteiger partial charge in [-0.25, -0.2) is 0 Å². The van der Waals surface area contributed by atoms with E-state index in [4.69, 9.17) is 0 Å². The van der Waals surface area contributed by atoms with Crippen LogP contribution in [0.2, 0.25) is 0 Å². The molecule has 0 spiro atoms. The predicted octanol–water partition coefficient (Wildman–Crippen LogP) is 1.06. The Morgan fingerprint density at radius 3 is 3.00 bits per heavy atom. The molecule has 1 aromatic rings. The van der Waals surface area contributed by atoms with Crippen molar-refractivity contribution < 1.29 is 9.59 Å². The maximum atomic E-state index is 11.8. The largest absolute Gasteiger partial charge is 0.345 e. The lowest BCUT2D eigenvalue weighted by Gasteiger charge is -2.33. The van der Waals surface area contributed by atoms with E-state index in [1.807, 2.05) is 0 Å². The van der Waals surface area contributed by atoms with Crippen molar-refractivity contribution in [2.24, 2.45) is 0 Å². The SMILES string of the molecule is O=C1CN(CC2CCCc3ccccc32)C(=O)CN1. The number of amides is 2. The first-order valence-electron chi connectivity index (χ1n) is 6.86. The molecular formula is C15H18N2O2. The van der Waals surface area contributed by atoms with Crippen molar-refractivity contribution in [3.8, 4) is 0 Å². The fourth-order valence-corrected chi connectivity index (χ4v) is 3.08. The molecule has 1 unspecified atom stereocenters. The summed E-state index contributed by atoms with van der Waals surface area (Å²) in [4.78, 5) is 24.9. The summed E-state index contributed by atoms with van der Waals surface area (Å²) in [5.74, 6) is 0.353. The molecule has 1 saturated heterocycles. The number of hydrogen-bond donors (Lipinski definition) is 1. The van der Waals surface area contributed by atoms with Gasteiger partial charge in [0.25, 0.3) is 0 Å². The van der Waals surface area contributed by atoms with Gasteiger partial charge < -0.3 is 10.2 Å². The molecule has 19 heavy (non-hydrogen) atoms. The standard InChI is InChI=1S/C15H18N2O2/c18-14-10-17(15(19)8-16-14)9-12-6-3-5-11-4-1-2-7-13(11)12/h1-2,4,7,12H,3,5-6,8-10H2,(H,16,18). The van der Waals surface area contributed by atoms with Crippen LogP contribution in [0.25, 0.3) is 0 Å². The summed E-state index contributed by atoms with van der Waals surface area (Å²) in [7, 11) is 0. The van der Waals surface area contributed by atoms with E-state index in [-0.39, 0.29) is 24.9 Å². The third-order valence-corrected chi connectivity index (χ3v) is 4.06. The first-order chi connectivity index (χ1) is 9.24. The van der Waals surface area contributed by atoms with E-state index in [0.717, 1.165) is 19.3 Å². The van der Waals surface area contributed by atoms with Gasteiger partial charge in [0, 0.05) is 12.5 Å². The van der Waals surface area contributed by atoms with E-state index >= 15 is 0 Å². The van der Waals surface area contributed by atoms with Gasteiger partial charge in [0.2, 0.25) is 11.8 Å². The molecule has 2 aliphatic rings. The minimum atomic E-state index is -0.0521. The van der Waals surface area contributed by atoms with E-state index in [2.05, 4.69) is 29.6 Å². The number of nitrogens with zero attached hydrogens (tertiary/aromatic N) is 1. The number of carbonyl (C=O) groups excluding carboxylic acids is 2. The number of benzene rings is 1. The first kappa shape index (κ1) is 12.2. The zero-order chi connectivity index (χ0) is 13.2. The quantitative estimate of drug-likeness (QED) is 0.862. The summed E-state index contributed by atoms with van der Waals surface area (Å²) >= 11 is 0. The highest BCUT2D eigenvalue weighted by molar-refractivity contribution is 5.92. The topological polar surface area (TPSA) is 49.4 Å². The second-order valence-corrected chi connectivity index (χ2v) is 5.34. The van der Waals surface area contributed by atoms with Crippen LogP contribution in [-0.2, 0) is 16.0 Å². The molecule has 100 valence electrons. The van der Waals surface area contributed by atoms with Gasteiger partial charge in [0.15, 0.2) is 0 Å². The Morgan fingerprint density at radius 1 is 1.26 bits per heavy atom. The molecule has 0 aromatic heterocycles. The van der Waals surface area contributed by atoms with Gasteiger partial charge in [0.1, 0.15) is 0 Å². The molecular weight excluding hydrogens is 240 g/mol. The Labute approximate surface area is 112 Å². The van der Waals surface area contributed by atoms with Crippen LogP contribution in [0.5, 0.6) is 0 Å². The number of piperazine rings is 1. The summed E-state index contributed by atoms with van der Waals surface area (Å²) < 4.78 is 0. The van der Waals surface area contributed by atoms with Crippen molar-refractivity contribution in [2.45, 2.75) is 25.2 Å². The van der Waals surface area contributed by atoms with Crippen LogP contribution in [0.15, 0.2) is 24.3 Å². The average Bonchev–Trinajstić information content (AvgIpc) is 2.43. The van der Waals surface area contributed by atoms with Gasteiger partial charge in [-0.2, -0.15) is 0 Å². The normalized spacial score (nSPS) is 22.9. The van der Waals surface area contributed by atoms with Crippen LogP contribution < -0.4 is 5.32 Å². The highest BCUT2D eigenvalue weighted by Crippen LogP contribution is 2.32. The molecule has 1 aliphatic carbocycles.